The third-order valence-corrected chi connectivity index (χ3v) is 3.67. The van der Waals surface area contributed by atoms with Gasteiger partial charge in [0.15, 0.2) is 0 Å². The predicted octanol–water partition coefficient (Wildman–Crippen LogP) is 1.46. The summed E-state index contributed by atoms with van der Waals surface area (Å²) in [5, 5.41) is 0. The van der Waals surface area contributed by atoms with Crippen molar-refractivity contribution in [2.75, 3.05) is 11.5 Å². The summed E-state index contributed by atoms with van der Waals surface area (Å²) in [6.45, 7) is 0. The van der Waals surface area contributed by atoms with Gasteiger partial charge in [-0.15, -0.1) is 0 Å². The highest BCUT2D eigenvalue weighted by atomic mass is 127. The van der Waals surface area contributed by atoms with Crippen LogP contribution >= 0.6 is 45.2 Å². The third-order valence-electron chi connectivity index (χ3n) is 0.994. The Morgan fingerprint density at radius 3 is 2.40 bits per heavy atom. The molecule has 0 amide bonds. The zero-order chi connectivity index (χ0) is 7.72. The molecule has 0 saturated heterocycles. The Morgan fingerprint density at radius 2 is 1.90 bits per heavy atom. The second kappa shape index (κ2) is 3.07. The van der Waals surface area contributed by atoms with E-state index in [1.165, 1.54) is 0 Å². The second-order valence-corrected chi connectivity index (χ2v) is 3.92. The molecule has 0 spiro atoms. The fraction of sp³-hybridized carbons (Fsp3) is 0. The zero-order valence-corrected chi connectivity index (χ0v) is 9.25. The van der Waals surface area contributed by atoms with Gasteiger partial charge < -0.3 is 11.5 Å². The second-order valence-electron chi connectivity index (χ2n) is 1.74. The van der Waals surface area contributed by atoms with Gasteiger partial charge in [-0.05, 0) is 51.2 Å². The van der Waals surface area contributed by atoms with Gasteiger partial charge in [-0.25, -0.2) is 4.98 Å². The Hall–Kier alpha value is 0.210. The van der Waals surface area contributed by atoms with Crippen molar-refractivity contribution in [3.63, 3.8) is 0 Å². The maximum Gasteiger partial charge on any atom is 0.147 e. The molecule has 54 valence electrons. The monoisotopic (exact) mass is 361 g/mol. The SMILES string of the molecule is Nc1cc(I)c(I)nc1N. The van der Waals surface area contributed by atoms with Crippen LogP contribution in [0.4, 0.5) is 11.5 Å². The number of nitrogens with two attached hydrogens (primary N) is 2. The van der Waals surface area contributed by atoms with Gasteiger partial charge in [0, 0.05) is 3.57 Å². The molecule has 0 saturated carbocycles. The highest BCUT2D eigenvalue weighted by Gasteiger charge is 2.01. The fourth-order valence-corrected chi connectivity index (χ4v) is 1.37. The van der Waals surface area contributed by atoms with Crippen molar-refractivity contribution >= 4 is 56.7 Å². The molecular formula is C5H5I2N3. The van der Waals surface area contributed by atoms with E-state index in [1.807, 2.05) is 6.07 Å². The Labute approximate surface area is 85.9 Å². The summed E-state index contributed by atoms with van der Waals surface area (Å²) in [5.74, 6) is 0.407. The van der Waals surface area contributed by atoms with Gasteiger partial charge in [0.25, 0.3) is 0 Å². The molecule has 0 atom stereocenters. The Morgan fingerprint density at radius 1 is 1.30 bits per heavy atom. The highest BCUT2D eigenvalue weighted by Crippen LogP contribution is 2.19. The van der Waals surface area contributed by atoms with Gasteiger partial charge in [-0.2, -0.15) is 0 Å². The van der Waals surface area contributed by atoms with Crippen LogP contribution in [0, 0.1) is 7.27 Å². The van der Waals surface area contributed by atoms with Crippen molar-refractivity contribution in [1.82, 2.24) is 4.98 Å². The van der Waals surface area contributed by atoms with Crippen molar-refractivity contribution in [3.05, 3.63) is 13.3 Å². The average molecular weight is 361 g/mol. The number of rotatable bonds is 0. The van der Waals surface area contributed by atoms with Crippen LogP contribution < -0.4 is 11.5 Å². The Kier molecular flexibility index (Phi) is 2.55. The van der Waals surface area contributed by atoms with E-state index in [1.54, 1.807) is 0 Å². The molecule has 1 heterocycles. The van der Waals surface area contributed by atoms with Crippen LogP contribution in [0.25, 0.3) is 0 Å². The minimum absolute atomic E-state index is 0.407. The van der Waals surface area contributed by atoms with Gasteiger partial charge in [0.05, 0.1) is 5.69 Å². The predicted molar refractivity (Wildman–Crippen MR) is 58.5 cm³/mol. The number of pyridine rings is 1. The van der Waals surface area contributed by atoms with Crippen molar-refractivity contribution < 1.29 is 0 Å². The molecule has 10 heavy (non-hydrogen) atoms. The number of nitrogens with zero attached hydrogens (tertiary/aromatic N) is 1. The normalized spacial score (nSPS) is 9.80. The molecule has 0 aliphatic heterocycles. The molecule has 3 nitrogen and oxygen atoms in total. The van der Waals surface area contributed by atoms with Crippen LogP contribution in [0.3, 0.4) is 0 Å². The zero-order valence-electron chi connectivity index (χ0n) is 4.94. The Balaban J connectivity index is 3.28. The number of aromatic nitrogens is 1. The van der Waals surface area contributed by atoms with Gasteiger partial charge >= 0.3 is 0 Å². The molecule has 4 N–H and O–H groups in total. The van der Waals surface area contributed by atoms with E-state index in [4.69, 9.17) is 11.5 Å². The van der Waals surface area contributed by atoms with Gasteiger partial charge in [0.2, 0.25) is 0 Å². The number of halogens is 2. The molecule has 0 unspecified atom stereocenters. The molecule has 1 rings (SSSR count). The third kappa shape index (κ3) is 1.62. The summed E-state index contributed by atoms with van der Waals surface area (Å²) in [5.41, 5.74) is 11.5. The lowest BCUT2D eigenvalue weighted by Crippen LogP contribution is -2.00. The standard InChI is InChI=1S/C5H5I2N3/c6-2-1-3(8)5(9)10-4(2)7/h1H,8H2,(H2,9,10). The van der Waals surface area contributed by atoms with Crippen LogP contribution in [0.5, 0.6) is 0 Å². The van der Waals surface area contributed by atoms with E-state index in [2.05, 4.69) is 50.2 Å². The van der Waals surface area contributed by atoms with Gasteiger partial charge in [-0.3, -0.25) is 0 Å². The molecule has 0 radical (unpaired) electrons. The largest absolute Gasteiger partial charge is 0.396 e. The Bertz CT molecular complexity index is 211. The summed E-state index contributed by atoms with van der Waals surface area (Å²) in [6, 6.07) is 1.81. The first kappa shape index (κ1) is 8.31. The van der Waals surface area contributed by atoms with Crippen molar-refractivity contribution in [2.45, 2.75) is 0 Å². The average Bonchev–Trinajstić information content (AvgIpc) is 1.84. The molecule has 0 bridgehead atoms. The molecule has 5 heteroatoms. The highest BCUT2D eigenvalue weighted by molar-refractivity contribution is 14.1. The maximum atomic E-state index is 5.49. The van der Waals surface area contributed by atoms with Crippen LogP contribution in [-0.2, 0) is 0 Å². The van der Waals surface area contributed by atoms with Gasteiger partial charge in [0.1, 0.15) is 9.52 Å². The fourth-order valence-electron chi connectivity index (χ4n) is 0.494. The summed E-state index contributed by atoms with van der Waals surface area (Å²) in [4.78, 5) is 4.00. The lowest BCUT2D eigenvalue weighted by atomic mass is 10.4. The number of hydrogen-bond acceptors (Lipinski definition) is 3. The first-order valence-electron chi connectivity index (χ1n) is 2.48. The summed E-state index contributed by atoms with van der Waals surface area (Å²) >= 11 is 4.27. The minimum Gasteiger partial charge on any atom is -0.396 e. The quantitative estimate of drug-likeness (QED) is 0.543. The van der Waals surface area contributed by atoms with Crippen LogP contribution in [-0.4, -0.2) is 4.98 Å². The van der Waals surface area contributed by atoms with E-state index >= 15 is 0 Å². The van der Waals surface area contributed by atoms with Crippen molar-refractivity contribution in [2.24, 2.45) is 0 Å². The molecule has 1 aromatic heterocycles. The lowest BCUT2D eigenvalue weighted by Gasteiger charge is -2.00. The van der Waals surface area contributed by atoms with Gasteiger partial charge in [-0.1, -0.05) is 0 Å². The minimum atomic E-state index is 0.407. The molecule has 0 aliphatic carbocycles. The molecule has 0 aromatic carbocycles. The number of nitrogen functional groups attached to an aromatic ring is 2. The van der Waals surface area contributed by atoms with E-state index in [-0.39, 0.29) is 0 Å². The summed E-state index contributed by atoms with van der Waals surface area (Å²) < 4.78 is 1.93. The van der Waals surface area contributed by atoms with E-state index < -0.39 is 0 Å². The first-order valence-corrected chi connectivity index (χ1v) is 4.64. The van der Waals surface area contributed by atoms with Crippen LogP contribution in [0.15, 0.2) is 6.07 Å². The van der Waals surface area contributed by atoms with E-state index in [0.717, 1.165) is 7.27 Å². The summed E-state index contributed by atoms with van der Waals surface area (Å²) in [7, 11) is 0. The van der Waals surface area contributed by atoms with Crippen LogP contribution in [0.2, 0.25) is 0 Å². The van der Waals surface area contributed by atoms with E-state index in [0.29, 0.717) is 11.5 Å². The van der Waals surface area contributed by atoms with Crippen LogP contribution in [0.1, 0.15) is 0 Å². The molecule has 1 aromatic rings. The molecule has 0 aliphatic rings. The van der Waals surface area contributed by atoms with E-state index in [9.17, 15) is 0 Å². The van der Waals surface area contributed by atoms with Crippen molar-refractivity contribution in [1.29, 1.82) is 0 Å². The van der Waals surface area contributed by atoms with Crippen molar-refractivity contribution in [3.8, 4) is 0 Å². The summed E-state index contributed by atoms with van der Waals surface area (Å²) in [6.07, 6.45) is 0. The smallest absolute Gasteiger partial charge is 0.147 e. The maximum absolute atomic E-state index is 5.49. The first-order chi connectivity index (χ1) is 4.61. The number of anilines is 2. The number of hydrogen-bond donors (Lipinski definition) is 2. The topological polar surface area (TPSA) is 64.9 Å². The molecular weight excluding hydrogens is 356 g/mol. The molecule has 0 fully saturated rings. The lowest BCUT2D eigenvalue weighted by molar-refractivity contribution is 1.26.